The molecule has 1 N–H and O–H groups in total. The van der Waals surface area contributed by atoms with Gasteiger partial charge in [-0.3, -0.25) is 10.1 Å². The zero-order valence-corrected chi connectivity index (χ0v) is 11.6. The van der Waals surface area contributed by atoms with Gasteiger partial charge in [0.25, 0.3) is 0 Å². The van der Waals surface area contributed by atoms with Crippen molar-refractivity contribution in [3.63, 3.8) is 0 Å². The Hall–Kier alpha value is -1.33. The molecule has 0 bridgehead atoms. The Balaban J connectivity index is 2.95. The molecular formula is C11H12Cl2N2O3. The third-order valence-corrected chi connectivity index (χ3v) is 2.53. The molecule has 0 aromatic carbocycles. The molecule has 0 saturated heterocycles. The van der Waals surface area contributed by atoms with Crippen molar-refractivity contribution in [2.75, 3.05) is 5.32 Å². The van der Waals surface area contributed by atoms with E-state index >= 15 is 0 Å². The van der Waals surface area contributed by atoms with E-state index in [4.69, 9.17) is 27.9 Å². The second-order valence-corrected chi connectivity index (χ2v) is 5.17. The van der Waals surface area contributed by atoms with Crippen LogP contribution in [0.2, 0.25) is 10.2 Å². The maximum absolute atomic E-state index is 11.5. The number of hydrogen-bond acceptors (Lipinski definition) is 4. The summed E-state index contributed by atoms with van der Waals surface area (Å²) in [5.74, 6) is 0. The number of amides is 1. The standard InChI is InChI=1S/C11H12Cl2N2O3/c1-11(2,3)18-10(17)15-7-4-14-9(13)8(12)6(7)5-16/h4-5H,1-3H3,(H,15,17). The average molecular weight is 291 g/mol. The fraction of sp³-hybridized carbons (Fsp3) is 0.364. The lowest BCUT2D eigenvalue weighted by Gasteiger charge is -2.20. The summed E-state index contributed by atoms with van der Waals surface area (Å²) in [6, 6.07) is 0. The number of aldehydes is 1. The van der Waals surface area contributed by atoms with Gasteiger partial charge in [-0.05, 0) is 20.8 Å². The van der Waals surface area contributed by atoms with Crippen molar-refractivity contribution in [3.05, 3.63) is 21.9 Å². The van der Waals surface area contributed by atoms with Gasteiger partial charge in [-0.25, -0.2) is 9.78 Å². The smallest absolute Gasteiger partial charge is 0.412 e. The number of rotatable bonds is 2. The van der Waals surface area contributed by atoms with Crippen LogP contribution in [0.4, 0.5) is 10.5 Å². The quantitative estimate of drug-likeness (QED) is 0.668. The van der Waals surface area contributed by atoms with Crippen LogP contribution < -0.4 is 5.32 Å². The normalized spacial score (nSPS) is 10.9. The molecule has 0 saturated carbocycles. The zero-order chi connectivity index (χ0) is 13.9. The number of hydrogen-bond donors (Lipinski definition) is 1. The molecule has 7 heteroatoms. The zero-order valence-electron chi connectivity index (χ0n) is 10.1. The molecule has 5 nitrogen and oxygen atoms in total. The largest absolute Gasteiger partial charge is 0.444 e. The maximum Gasteiger partial charge on any atom is 0.412 e. The molecule has 18 heavy (non-hydrogen) atoms. The van der Waals surface area contributed by atoms with Crippen molar-refractivity contribution in [1.82, 2.24) is 4.98 Å². The molecule has 0 fully saturated rings. The molecule has 1 heterocycles. The predicted molar refractivity (Wildman–Crippen MR) is 69.5 cm³/mol. The van der Waals surface area contributed by atoms with Crippen LogP contribution in [-0.4, -0.2) is 23.0 Å². The van der Waals surface area contributed by atoms with Gasteiger partial charge in [0.05, 0.1) is 22.5 Å². The minimum atomic E-state index is -0.703. The van der Waals surface area contributed by atoms with E-state index < -0.39 is 11.7 Å². The molecule has 0 radical (unpaired) electrons. The first-order valence-electron chi connectivity index (χ1n) is 5.04. The molecule has 1 aromatic heterocycles. The minimum Gasteiger partial charge on any atom is -0.444 e. The highest BCUT2D eigenvalue weighted by Gasteiger charge is 2.19. The van der Waals surface area contributed by atoms with Gasteiger partial charge in [-0.15, -0.1) is 0 Å². The summed E-state index contributed by atoms with van der Waals surface area (Å²) < 4.78 is 5.04. The van der Waals surface area contributed by atoms with Crippen molar-refractivity contribution >= 4 is 41.3 Å². The Labute approximate surface area is 114 Å². The van der Waals surface area contributed by atoms with Crippen LogP contribution >= 0.6 is 23.2 Å². The average Bonchev–Trinajstić information content (AvgIpc) is 2.21. The third-order valence-electron chi connectivity index (χ3n) is 1.77. The van der Waals surface area contributed by atoms with Crippen molar-refractivity contribution in [2.45, 2.75) is 26.4 Å². The molecule has 0 spiro atoms. The molecule has 0 aliphatic heterocycles. The van der Waals surface area contributed by atoms with E-state index in [2.05, 4.69) is 10.3 Å². The monoisotopic (exact) mass is 290 g/mol. The number of aromatic nitrogens is 1. The second kappa shape index (κ2) is 5.54. The van der Waals surface area contributed by atoms with E-state index in [1.54, 1.807) is 20.8 Å². The van der Waals surface area contributed by atoms with Crippen LogP contribution in [0, 0.1) is 0 Å². The van der Waals surface area contributed by atoms with Crippen LogP contribution in [0.15, 0.2) is 6.20 Å². The predicted octanol–water partition coefficient (Wildman–Crippen LogP) is 3.55. The van der Waals surface area contributed by atoms with Crippen molar-refractivity contribution in [3.8, 4) is 0 Å². The molecule has 0 aliphatic carbocycles. The summed E-state index contributed by atoms with van der Waals surface area (Å²) in [6.07, 6.45) is 1.02. The Morgan fingerprint density at radius 2 is 2.06 bits per heavy atom. The highest BCUT2D eigenvalue weighted by Crippen LogP contribution is 2.28. The van der Waals surface area contributed by atoms with Crippen LogP contribution in [-0.2, 0) is 4.74 Å². The van der Waals surface area contributed by atoms with E-state index in [9.17, 15) is 9.59 Å². The van der Waals surface area contributed by atoms with Gasteiger partial charge in [-0.1, -0.05) is 23.2 Å². The van der Waals surface area contributed by atoms with Crippen molar-refractivity contribution < 1.29 is 14.3 Å². The number of ether oxygens (including phenoxy) is 1. The van der Waals surface area contributed by atoms with Crippen LogP contribution in [0.5, 0.6) is 0 Å². The summed E-state index contributed by atoms with van der Waals surface area (Å²) >= 11 is 11.5. The van der Waals surface area contributed by atoms with E-state index in [-0.39, 0.29) is 21.4 Å². The first-order valence-corrected chi connectivity index (χ1v) is 5.79. The first-order chi connectivity index (χ1) is 8.24. The van der Waals surface area contributed by atoms with E-state index in [1.807, 2.05) is 0 Å². The Morgan fingerprint density at radius 3 is 2.56 bits per heavy atom. The lowest BCUT2D eigenvalue weighted by molar-refractivity contribution is 0.0636. The summed E-state index contributed by atoms with van der Waals surface area (Å²) in [5.41, 5.74) is -0.439. The Morgan fingerprint density at radius 1 is 1.44 bits per heavy atom. The fourth-order valence-corrected chi connectivity index (χ4v) is 1.45. The summed E-state index contributed by atoms with van der Waals surface area (Å²) in [6.45, 7) is 5.17. The number of carbonyl (C=O) groups excluding carboxylic acids is 2. The second-order valence-electron chi connectivity index (χ2n) is 4.44. The number of pyridine rings is 1. The van der Waals surface area contributed by atoms with Gasteiger partial charge in [-0.2, -0.15) is 0 Å². The number of halogens is 2. The SMILES string of the molecule is CC(C)(C)OC(=O)Nc1cnc(Cl)c(Cl)c1C=O. The molecule has 1 aromatic rings. The lowest BCUT2D eigenvalue weighted by atomic mass is 10.2. The minimum absolute atomic E-state index is 0.00601. The highest BCUT2D eigenvalue weighted by molar-refractivity contribution is 6.43. The maximum atomic E-state index is 11.5. The summed E-state index contributed by atoms with van der Waals surface area (Å²) in [5, 5.41) is 2.37. The van der Waals surface area contributed by atoms with Gasteiger partial charge in [0.1, 0.15) is 10.8 Å². The molecular weight excluding hydrogens is 279 g/mol. The van der Waals surface area contributed by atoms with Crippen LogP contribution in [0.3, 0.4) is 0 Å². The molecule has 1 amide bonds. The molecule has 1 rings (SSSR count). The number of carbonyl (C=O) groups is 2. The highest BCUT2D eigenvalue weighted by atomic mass is 35.5. The van der Waals surface area contributed by atoms with Gasteiger partial charge >= 0.3 is 6.09 Å². The fourth-order valence-electron chi connectivity index (χ4n) is 1.11. The Kier molecular flexibility index (Phi) is 4.53. The molecule has 0 unspecified atom stereocenters. The number of anilines is 1. The van der Waals surface area contributed by atoms with Gasteiger partial charge in [0.2, 0.25) is 0 Å². The molecule has 98 valence electrons. The number of nitrogens with one attached hydrogen (secondary N) is 1. The van der Waals surface area contributed by atoms with E-state index in [0.717, 1.165) is 0 Å². The molecule has 0 aliphatic rings. The van der Waals surface area contributed by atoms with Crippen molar-refractivity contribution in [1.29, 1.82) is 0 Å². The topological polar surface area (TPSA) is 68.3 Å². The van der Waals surface area contributed by atoms with Gasteiger partial charge in [0, 0.05) is 0 Å². The van der Waals surface area contributed by atoms with Gasteiger partial charge in [0.15, 0.2) is 6.29 Å². The van der Waals surface area contributed by atoms with E-state index in [0.29, 0.717) is 6.29 Å². The summed E-state index contributed by atoms with van der Waals surface area (Å²) in [7, 11) is 0. The first kappa shape index (κ1) is 14.7. The van der Waals surface area contributed by atoms with Crippen molar-refractivity contribution in [2.24, 2.45) is 0 Å². The third kappa shape index (κ3) is 3.85. The van der Waals surface area contributed by atoms with Crippen LogP contribution in [0.1, 0.15) is 31.1 Å². The van der Waals surface area contributed by atoms with E-state index in [1.165, 1.54) is 6.20 Å². The lowest BCUT2D eigenvalue weighted by Crippen LogP contribution is -2.27. The van der Waals surface area contributed by atoms with Crippen LogP contribution in [0.25, 0.3) is 0 Å². The summed E-state index contributed by atoms with van der Waals surface area (Å²) in [4.78, 5) is 26.2. The molecule has 0 atom stereocenters. The Bertz CT molecular complexity index is 484. The number of nitrogens with zero attached hydrogens (tertiary/aromatic N) is 1. The van der Waals surface area contributed by atoms with Gasteiger partial charge < -0.3 is 4.74 Å².